The van der Waals surface area contributed by atoms with Gasteiger partial charge in [0.2, 0.25) is 5.82 Å². The van der Waals surface area contributed by atoms with Crippen molar-refractivity contribution in [3.63, 3.8) is 0 Å². The van der Waals surface area contributed by atoms with Crippen molar-refractivity contribution in [2.75, 3.05) is 6.54 Å². The third kappa shape index (κ3) is 3.36. The number of para-hydroxylation sites is 1. The van der Waals surface area contributed by atoms with Crippen LogP contribution in [0.4, 0.5) is 0 Å². The zero-order valence-corrected chi connectivity index (χ0v) is 17.8. The number of benzene rings is 2. The van der Waals surface area contributed by atoms with Gasteiger partial charge in [-0.1, -0.05) is 54.6 Å². The molecule has 2 aromatic carbocycles. The molecule has 1 aliphatic heterocycles. The van der Waals surface area contributed by atoms with Crippen LogP contribution in [0.3, 0.4) is 0 Å². The van der Waals surface area contributed by atoms with Gasteiger partial charge in [-0.25, -0.2) is 9.67 Å². The summed E-state index contributed by atoms with van der Waals surface area (Å²) in [6.07, 6.45) is 3.65. The Morgan fingerprint density at radius 2 is 1.64 bits per heavy atom. The molecule has 5 aromatic rings. The largest absolute Gasteiger partial charge is 0.326 e. The van der Waals surface area contributed by atoms with Crippen molar-refractivity contribution in [3.05, 3.63) is 96.7 Å². The van der Waals surface area contributed by atoms with Crippen LogP contribution < -0.4 is 0 Å². The fraction of sp³-hybridized carbons (Fsp3) is 0.160. The Hall–Kier alpha value is -4.33. The fourth-order valence-corrected chi connectivity index (χ4v) is 4.42. The summed E-state index contributed by atoms with van der Waals surface area (Å²) in [5, 5.41) is 13.3. The molecule has 0 N–H and O–H groups in total. The second kappa shape index (κ2) is 7.98. The van der Waals surface area contributed by atoms with Gasteiger partial charge in [-0.15, -0.1) is 15.3 Å². The minimum absolute atomic E-state index is 0.168. The highest BCUT2D eigenvalue weighted by Gasteiger charge is 2.36. The topological polar surface area (TPSA) is 81.2 Å². The molecule has 3 aromatic heterocycles. The van der Waals surface area contributed by atoms with Gasteiger partial charge in [-0.05, 0) is 37.1 Å². The molecule has 0 radical (unpaired) electrons. The molecule has 1 amide bonds. The Bertz CT molecular complexity index is 1370. The van der Waals surface area contributed by atoms with Crippen LogP contribution in [-0.4, -0.2) is 46.7 Å². The molecule has 4 heterocycles. The highest BCUT2D eigenvalue weighted by atomic mass is 16.2. The number of hydrogen-bond acceptors (Lipinski definition) is 5. The predicted octanol–water partition coefficient (Wildman–Crippen LogP) is 3.95. The summed E-state index contributed by atoms with van der Waals surface area (Å²) in [7, 11) is 0. The number of amides is 1. The maximum Gasteiger partial charge on any atom is 0.294 e. The van der Waals surface area contributed by atoms with Crippen molar-refractivity contribution >= 4 is 11.6 Å². The third-order valence-corrected chi connectivity index (χ3v) is 5.98. The summed E-state index contributed by atoms with van der Waals surface area (Å²) < 4.78 is 3.68. The van der Waals surface area contributed by atoms with E-state index in [1.54, 1.807) is 4.68 Å². The van der Waals surface area contributed by atoms with Gasteiger partial charge in [0.15, 0.2) is 17.3 Å². The van der Waals surface area contributed by atoms with Gasteiger partial charge in [0.1, 0.15) is 0 Å². The Labute approximate surface area is 190 Å². The van der Waals surface area contributed by atoms with Crippen LogP contribution in [0.1, 0.15) is 35.3 Å². The van der Waals surface area contributed by atoms with Crippen molar-refractivity contribution in [3.8, 4) is 17.1 Å². The summed E-state index contributed by atoms with van der Waals surface area (Å²) in [4.78, 5) is 20.2. The molecule has 1 atom stereocenters. The number of fused-ring (bicyclic) bond motifs is 1. The van der Waals surface area contributed by atoms with Crippen molar-refractivity contribution in [2.24, 2.45) is 0 Å². The molecular formula is C25H21N7O. The van der Waals surface area contributed by atoms with Gasteiger partial charge < -0.3 is 4.90 Å². The van der Waals surface area contributed by atoms with Gasteiger partial charge >= 0.3 is 0 Å². The van der Waals surface area contributed by atoms with Gasteiger partial charge in [0.05, 0.1) is 11.7 Å². The van der Waals surface area contributed by atoms with Crippen LogP contribution in [0, 0.1) is 0 Å². The number of hydrogen-bond donors (Lipinski definition) is 0. The summed E-state index contributed by atoms with van der Waals surface area (Å²) in [5.74, 6) is 1.38. The van der Waals surface area contributed by atoms with Crippen molar-refractivity contribution in [1.82, 2.24) is 34.3 Å². The Kier molecular flexibility index (Phi) is 4.68. The quantitative estimate of drug-likeness (QED) is 0.427. The minimum atomic E-state index is -0.197. The van der Waals surface area contributed by atoms with Crippen LogP contribution in [0.5, 0.6) is 0 Å². The summed E-state index contributed by atoms with van der Waals surface area (Å²) in [6, 6.07) is 25.2. The van der Waals surface area contributed by atoms with Gasteiger partial charge in [0, 0.05) is 18.3 Å². The van der Waals surface area contributed by atoms with E-state index >= 15 is 0 Å². The molecule has 33 heavy (non-hydrogen) atoms. The van der Waals surface area contributed by atoms with Gasteiger partial charge in [0.25, 0.3) is 5.91 Å². The molecular weight excluding hydrogens is 414 g/mol. The Morgan fingerprint density at radius 1 is 0.879 bits per heavy atom. The van der Waals surface area contributed by atoms with Crippen LogP contribution in [0.2, 0.25) is 0 Å². The summed E-state index contributed by atoms with van der Waals surface area (Å²) in [5.41, 5.74) is 2.52. The molecule has 1 fully saturated rings. The van der Waals surface area contributed by atoms with E-state index in [1.807, 2.05) is 94.4 Å². The molecule has 0 spiro atoms. The maximum absolute atomic E-state index is 13.6. The van der Waals surface area contributed by atoms with E-state index in [0.29, 0.717) is 12.4 Å². The van der Waals surface area contributed by atoms with E-state index in [-0.39, 0.29) is 17.8 Å². The van der Waals surface area contributed by atoms with E-state index in [2.05, 4.69) is 15.3 Å². The lowest BCUT2D eigenvalue weighted by atomic mass is 10.2. The molecule has 6 rings (SSSR count). The molecule has 162 valence electrons. The zero-order chi connectivity index (χ0) is 22.2. The van der Waals surface area contributed by atoms with Crippen molar-refractivity contribution in [1.29, 1.82) is 0 Å². The lowest BCUT2D eigenvalue weighted by Gasteiger charge is -2.22. The second-order valence-corrected chi connectivity index (χ2v) is 8.02. The first-order valence-electron chi connectivity index (χ1n) is 11.0. The number of aromatic nitrogens is 6. The maximum atomic E-state index is 13.6. The Morgan fingerprint density at radius 3 is 2.45 bits per heavy atom. The molecule has 0 aliphatic carbocycles. The monoisotopic (exact) mass is 435 g/mol. The van der Waals surface area contributed by atoms with Crippen molar-refractivity contribution in [2.45, 2.75) is 18.9 Å². The van der Waals surface area contributed by atoms with E-state index in [1.165, 1.54) is 0 Å². The first-order chi connectivity index (χ1) is 16.3. The first-order valence-corrected chi connectivity index (χ1v) is 11.0. The number of pyridine rings is 1. The average molecular weight is 435 g/mol. The van der Waals surface area contributed by atoms with E-state index in [0.717, 1.165) is 35.6 Å². The first kappa shape index (κ1) is 19.4. The molecule has 1 unspecified atom stereocenters. The third-order valence-electron chi connectivity index (χ3n) is 5.98. The number of likely N-dealkylation sites (tertiary alicyclic amines) is 1. The van der Waals surface area contributed by atoms with Crippen LogP contribution in [0.25, 0.3) is 22.7 Å². The highest BCUT2D eigenvalue weighted by Crippen LogP contribution is 2.32. The Balaban J connectivity index is 1.40. The predicted molar refractivity (Wildman–Crippen MR) is 123 cm³/mol. The number of carbonyl (C=O) groups is 1. The number of carbonyl (C=O) groups excluding carboxylic acids is 1. The van der Waals surface area contributed by atoms with Crippen molar-refractivity contribution < 1.29 is 4.79 Å². The zero-order valence-electron chi connectivity index (χ0n) is 17.8. The molecule has 0 bridgehead atoms. The van der Waals surface area contributed by atoms with Crippen LogP contribution in [-0.2, 0) is 0 Å². The molecule has 8 heteroatoms. The van der Waals surface area contributed by atoms with Crippen LogP contribution >= 0.6 is 0 Å². The summed E-state index contributed by atoms with van der Waals surface area (Å²) >= 11 is 0. The lowest BCUT2D eigenvalue weighted by molar-refractivity contribution is 0.0717. The lowest BCUT2D eigenvalue weighted by Crippen LogP contribution is -2.32. The standard InChI is InChI=1S/C25H21N7O/c33-25(30-17-9-14-20(30)24-28-27-21-15-7-8-16-31(21)24)22-26-23(18-10-3-1-4-11-18)32(29-22)19-12-5-2-6-13-19/h1-8,10-13,15-16,20H,9,14,17H2. The fourth-order valence-electron chi connectivity index (χ4n) is 4.42. The SMILES string of the molecule is O=C(c1nc(-c2ccccc2)n(-c2ccccc2)n1)N1CCCC1c1nnc2ccccn12. The number of nitrogens with zero attached hydrogens (tertiary/aromatic N) is 7. The van der Waals surface area contributed by atoms with E-state index < -0.39 is 0 Å². The summed E-state index contributed by atoms with van der Waals surface area (Å²) in [6.45, 7) is 0.631. The molecule has 1 aliphatic rings. The average Bonchev–Trinajstić information content (AvgIpc) is 3.62. The van der Waals surface area contributed by atoms with E-state index in [9.17, 15) is 4.79 Å². The minimum Gasteiger partial charge on any atom is -0.326 e. The number of rotatable bonds is 4. The smallest absolute Gasteiger partial charge is 0.294 e. The molecule has 0 saturated carbocycles. The van der Waals surface area contributed by atoms with Crippen LogP contribution in [0.15, 0.2) is 85.1 Å². The molecule has 8 nitrogen and oxygen atoms in total. The van der Waals surface area contributed by atoms with Gasteiger partial charge in [-0.2, -0.15) is 0 Å². The van der Waals surface area contributed by atoms with E-state index in [4.69, 9.17) is 4.98 Å². The van der Waals surface area contributed by atoms with Gasteiger partial charge in [-0.3, -0.25) is 9.20 Å². The molecule has 1 saturated heterocycles. The highest BCUT2D eigenvalue weighted by molar-refractivity contribution is 5.91. The second-order valence-electron chi connectivity index (χ2n) is 8.02. The normalized spacial score (nSPS) is 15.9.